The van der Waals surface area contributed by atoms with E-state index in [1.165, 1.54) is 25.4 Å². The molecule has 1 aromatic carbocycles. The smallest absolute Gasteiger partial charge is 0.253 e. The maximum Gasteiger partial charge on any atom is 0.253 e. The van der Waals surface area contributed by atoms with Crippen molar-refractivity contribution >= 4 is 29.2 Å². The maximum atomic E-state index is 13.9. The average molecular weight is 392 g/mol. The second-order valence-corrected chi connectivity index (χ2v) is 6.73. The zero-order valence-electron chi connectivity index (χ0n) is 14.7. The van der Waals surface area contributed by atoms with E-state index >= 15 is 0 Å². The third-order valence-electron chi connectivity index (χ3n) is 4.46. The van der Waals surface area contributed by atoms with Crippen molar-refractivity contribution in [3.63, 3.8) is 0 Å². The van der Waals surface area contributed by atoms with Gasteiger partial charge in [0.15, 0.2) is 11.6 Å². The SMILES string of the molecule is COc1ccc(C(=O)N2CCCC(C(=O)Nc3ccc(Cl)cn3)C2)cc1F. The highest BCUT2D eigenvalue weighted by Gasteiger charge is 2.29. The number of carbonyl (C=O) groups excluding carboxylic acids is 2. The van der Waals surface area contributed by atoms with Gasteiger partial charge in [-0.05, 0) is 43.2 Å². The second-order valence-electron chi connectivity index (χ2n) is 6.29. The number of nitrogens with one attached hydrogen (secondary N) is 1. The summed E-state index contributed by atoms with van der Waals surface area (Å²) >= 11 is 5.79. The first-order valence-electron chi connectivity index (χ1n) is 8.53. The number of ether oxygens (including phenoxy) is 1. The Morgan fingerprint density at radius 1 is 1.33 bits per heavy atom. The van der Waals surface area contributed by atoms with Crippen molar-refractivity contribution in [3.05, 3.63) is 52.9 Å². The highest BCUT2D eigenvalue weighted by molar-refractivity contribution is 6.30. The lowest BCUT2D eigenvalue weighted by molar-refractivity contribution is -0.121. The van der Waals surface area contributed by atoms with Gasteiger partial charge in [0, 0.05) is 24.8 Å². The van der Waals surface area contributed by atoms with Crippen LogP contribution in [0.3, 0.4) is 0 Å². The Morgan fingerprint density at radius 3 is 2.81 bits per heavy atom. The molecule has 1 saturated heterocycles. The van der Waals surface area contributed by atoms with Crippen LogP contribution in [0.4, 0.5) is 10.2 Å². The number of amides is 2. The van der Waals surface area contributed by atoms with Crippen LogP contribution >= 0.6 is 11.6 Å². The van der Waals surface area contributed by atoms with Gasteiger partial charge >= 0.3 is 0 Å². The van der Waals surface area contributed by atoms with E-state index in [9.17, 15) is 14.0 Å². The van der Waals surface area contributed by atoms with E-state index in [-0.39, 0.29) is 35.6 Å². The largest absolute Gasteiger partial charge is 0.494 e. The number of anilines is 1. The summed E-state index contributed by atoms with van der Waals surface area (Å²) in [6.07, 6.45) is 2.81. The van der Waals surface area contributed by atoms with Crippen molar-refractivity contribution in [2.24, 2.45) is 5.92 Å². The number of hydrogen-bond acceptors (Lipinski definition) is 4. The van der Waals surface area contributed by atoms with E-state index in [4.69, 9.17) is 16.3 Å². The summed E-state index contributed by atoms with van der Waals surface area (Å²) in [5, 5.41) is 3.22. The summed E-state index contributed by atoms with van der Waals surface area (Å²) in [5.74, 6) is -0.975. The van der Waals surface area contributed by atoms with Crippen molar-refractivity contribution in [2.45, 2.75) is 12.8 Å². The molecule has 1 atom stereocenters. The van der Waals surface area contributed by atoms with E-state index < -0.39 is 5.82 Å². The molecule has 1 unspecified atom stereocenters. The average Bonchev–Trinajstić information content (AvgIpc) is 2.69. The first-order valence-corrected chi connectivity index (χ1v) is 8.91. The predicted octanol–water partition coefficient (Wildman–Crippen LogP) is 3.37. The fourth-order valence-electron chi connectivity index (χ4n) is 3.04. The second kappa shape index (κ2) is 8.35. The van der Waals surface area contributed by atoms with Crippen molar-refractivity contribution in [1.29, 1.82) is 0 Å². The van der Waals surface area contributed by atoms with Crippen LogP contribution in [-0.4, -0.2) is 41.9 Å². The van der Waals surface area contributed by atoms with Crippen molar-refractivity contribution in [3.8, 4) is 5.75 Å². The van der Waals surface area contributed by atoms with E-state index in [0.717, 1.165) is 6.07 Å². The van der Waals surface area contributed by atoms with E-state index in [1.54, 1.807) is 17.0 Å². The molecule has 0 spiro atoms. The number of rotatable bonds is 4. The lowest BCUT2D eigenvalue weighted by Crippen LogP contribution is -2.43. The fourth-order valence-corrected chi connectivity index (χ4v) is 3.15. The monoisotopic (exact) mass is 391 g/mol. The first-order chi connectivity index (χ1) is 13.0. The molecular weight excluding hydrogens is 373 g/mol. The Kier molecular flexibility index (Phi) is 5.91. The van der Waals surface area contributed by atoms with Crippen LogP contribution in [0.15, 0.2) is 36.5 Å². The highest BCUT2D eigenvalue weighted by Crippen LogP contribution is 2.23. The first kappa shape index (κ1) is 19.1. The number of hydrogen-bond donors (Lipinski definition) is 1. The molecule has 1 fully saturated rings. The number of nitrogens with zero attached hydrogens (tertiary/aromatic N) is 2. The van der Waals surface area contributed by atoms with Crippen LogP contribution < -0.4 is 10.1 Å². The molecule has 1 N–H and O–H groups in total. The van der Waals surface area contributed by atoms with Gasteiger partial charge in [0.2, 0.25) is 5.91 Å². The standard InChI is InChI=1S/C19H19ClFN3O3/c1-27-16-6-4-12(9-15(16)21)19(26)24-8-2-3-13(11-24)18(25)23-17-7-5-14(20)10-22-17/h4-7,9-10,13H,2-3,8,11H2,1H3,(H,22,23,25). The molecule has 0 radical (unpaired) electrons. The molecule has 1 aliphatic rings. The van der Waals surface area contributed by atoms with Gasteiger partial charge in [-0.1, -0.05) is 11.6 Å². The minimum absolute atomic E-state index is 0.0814. The summed E-state index contributed by atoms with van der Waals surface area (Å²) in [6.45, 7) is 0.793. The van der Waals surface area contributed by atoms with Crippen LogP contribution in [0.25, 0.3) is 0 Å². The number of pyridine rings is 1. The number of carbonyl (C=O) groups is 2. The molecule has 0 saturated carbocycles. The normalized spacial score (nSPS) is 16.7. The number of likely N-dealkylation sites (tertiary alicyclic amines) is 1. The molecule has 0 aliphatic carbocycles. The Morgan fingerprint density at radius 2 is 2.15 bits per heavy atom. The van der Waals surface area contributed by atoms with E-state index in [2.05, 4.69) is 10.3 Å². The minimum Gasteiger partial charge on any atom is -0.494 e. The maximum absolute atomic E-state index is 13.9. The lowest BCUT2D eigenvalue weighted by Gasteiger charge is -2.32. The van der Waals surface area contributed by atoms with Crippen LogP contribution in [0.1, 0.15) is 23.2 Å². The topological polar surface area (TPSA) is 71.5 Å². The molecule has 2 heterocycles. The number of aromatic nitrogens is 1. The molecule has 1 aliphatic heterocycles. The molecule has 3 rings (SSSR count). The Hall–Kier alpha value is -2.67. The number of methoxy groups -OCH3 is 1. The highest BCUT2D eigenvalue weighted by atomic mass is 35.5. The molecule has 142 valence electrons. The summed E-state index contributed by atoms with van der Waals surface area (Å²) < 4.78 is 18.7. The Labute approximate surface area is 161 Å². The summed E-state index contributed by atoms with van der Waals surface area (Å²) in [5.41, 5.74) is 0.230. The fraction of sp³-hybridized carbons (Fsp3) is 0.316. The molecular formula is C19H19ClFN3O3. The van der Waals surface area contributed by atoms with Gasteiger partial charge in [0.25, 0.3) is 5.91 Å². The molecule has 8 heteroatoms. The molecule has 6 nitrogen and oxygen atoms in total. The molecule has 27 heavy (non-hydrogen) atoms. The molecule has 0 bridgehead atoms. The predicted molar refractivity (Wildman–Crippen MR) is 99.5 cm³/mol. The van der Waals surface area contributed by atoms with Crippen molar-refractivity contribution < 1.29 is 18.7 Å². The van der Waals surface area contributed by atoms with Gasteiger partial charge in [-0.25, -0.2) is 9.37 Å². The third kappa shape index (κ3) is 4.54. The molecule has 2 aromatic rings. The van der Waals surface area contributed by atoms with Gasteiger partial charge < -0.3 is 15.0 Å². The minimum atomic E-state index is -0.594. The number of piperidine rings is 1. The van der Waals surface area contributed by atoms with Gasteiger partial charge in [-0.15, -0.1) is 0 Å². The Bertz CT molecular complexity index is 845. The van der Waals surface area contributed by atoms with Crippen molar-refractivity contribution in [2.75, 3.05) is 25.5 Å². The summed E-state index contributed by atoms with van der Waals surface area (Å²) in [4.78, 5) is 30.8. The van der Waals surface area contributed by atoms with Gasteiger partial charge in [0.05, 0.1) is 18.1 Å². The Balaban J connectivity index is 1.66. The number of benzene rings is 1. The van der Waals surface area contributed by atoms with E-state index in [0.29, 0.717) is 30.2 Å². The van der Waals surface area contributed by atoms with E-state index in [1.807, 2.05) is 0 Å². The quantitative estimate of drug-likeness (QED) is 0.867. The van der Waals surface area contributed by atoms with Crippen LogP contribution in [0.2, 0.25) is 5.02 Å². The van der Waals surface area contributed by atoms with Gasteiger partial charge in [-0.3, -0.25) is 9.59 Å². The lowest BCUT2D eigenvalue weighted by atomic mass is 9.96. The van der Waals surface area contributed by atoms with Gasteiger partial charge in [-0.2, -0.15) is 0 Å². The van der Waals surface area contributed by atoms with Crippen LogP contribution in [0, 0.1) is 11.7 Å². The van der Waals surface area contributed by atoms with Gasteiger partial charge in [0.1, 0.15) is 5.82 Å². The third-order valence-corrected chi connectivity index (χ3v) is 4.68. The zero-order chi connectivity index (χ0) is 19.4. The molecule has 2 amide bonds. The van der Waals surface area contributed by atoms with Crippen LogP contribution in [0.5, 0.6) is 5.75 Å². The van der Waals surface area contributed by atoms with Crippen LogP contribution in [-0.2, 0) is 4.79 Å². The summed E-state index contributed by atoms with van der Waals surface area (Å²) in [6, 6.07) is 7.35. The zero-order valence-corrected chi connectivity index (χ0v) is 15.5. The molecule has 1 aromatic heterocycles. The van der Waals surface area contributed by atoms with Crippen molar-refractivity contribution in [1.82, 2.24) is 9.88 Å². The number of halogens is 2. The summed E-state index contributed by atoms with van der Waals surface area (Å²) in [7, 11) is 1.36.